The number of hydrogen-bond acceptors (Lipinski definition) is 2. The second kappa shape index (κ2) is 11.8. The Morgan fingerprint density at radius 1 is 0.382 bits per heavy atom. The van der Waals surface area contributed by atoms with Crippen molar-refractivity contribution in [1.82, 2.24) is 4.40 Å². The molecule has 0 saturated carbocycles. The molecule has 3 aromatic heterocycles. The maximum Gasteiger partial charge on any atom is 0.0641 e. The summed E-state index contributed by atoms with van der Waals surface area (Å²) in [5, 5.41) is 10.3. The fourth-order valence-corrected chi connectivity index (χ4v) is 10.3. The van der Waals surface area contributed by atoms with Crippen LogP contribution in [0.25, 0.3) is 91.3 Å². The van der Waals surface area contributed by atoms with Gasteiger partial charge in [-0.1, -0.05) is 133 Å². The second-order valence-corrected chi connectivity index (χ2v) is 15.6. The lowest BCUT2D eigenvalue weighted by molar-refractivity contribution is 1.30. The van der Waals surface area contributed by atoms with E-state index in [0.29, 0.717) is 0 Å². The maximum absolute atomic E-state index is 2.56. The van der Waals surface area contributed by atoms with E-state index in [1.165, 1.54) is 97.0 Å². The Hall–Kier alpha value is -6.94. The molecule has 256 valence electrons. The van der Waals surface area contributed by atoms with Crippen molar-refractivity contribution in [3.05, 3.63) is 194 Å². The predicted octanol–water partition coefficient (Wildman–Crippen LogP) is 15.2. The standard InChI is InChI=1S/C52H32N2S/c1-4-14-33(15-5-1)37-28-38(34-16-6-2-7-17-34)30-40(29-37)53(39-20-8-3-9-21-39)46-27-26-45-50-49-41(22-13-25-48(49)55-52(46)50)42-23-12-24-43-44-31-35-18-10-11-19-36(35)32-47(44)54(45)51(42)43/h1-32H. The van der Waals surface area contributed by atoms with E-state index >= 15 is 0 Å². The van der Waals surface area contributed by atoms with Crippen LogP contribution < -0.4 is 4.90 Å². The molecule has 0 N–H and O–H groups in total. The van der Waals surface area contributed by atoms with Crippen LogP contribution in [-0.4, -0.2) is 4.40 Å². The van der Waals surface area contributed by atoms with Gasteiger partial charge in [0.15, 0.2) is 0 Å². The summed E-state index contributed by atoms with van der Waals surface area (Å²) in [7, 11) is 0. The molecule has 9 aromatic carbocycles. The topological polar surface area (TPSA) is 7.65 Å². The van der Waals surface area contributed by atoms with E-state index in [2.05, 4.69) is 203 Å². The molecule has 0 unspecified atom stereocenters. The molecule has 0 amide bonds. The van der Waals surface area contributed by atoms with E-state index in [1.54, 1.807) is 0 Å². The normalized spacial score (nSPS) is 12.0. The predicted molar refractivity (Wildman–Crippen MR) is 237 cm³/mol. The van der Waals surface area contributed by atoms with Crippen molar-refractivity contribution < 1.29 is 0 Å². The van der Waals surface area contributed by atoms with Crippen LogP contribution in [0, 0.1) is 0 Å². The molecule has 0 atom stereocenters. The molecule has 0 aliphatic heterocycles. The van der Waals surface area contributed by atoms with Crippen LogP contribution in [0.3, 0.4) is 0 Å². The van der Waals surface area contributed by atoms with Gasteiger partial charge in [0.2, 0.25) is 0 Å². The monoisotopic (exact) mass is 716 g/mol. The minimum atomic E-state index is 1.12. The molecule has 3 heterocycles. The van der Waals surface area contributed by atoms with E-state index in [-0.39, 0.29) is 0 Å². The number of anilines is 3. The lowest BCUT2D eigenvalue weighted by atomic mass is 9.97. The number of thiophene rings is 1. The van der Waals surface area contributed by atoms with Gasteiger partial charge in [0, 0.05) is 43.0 Å². The number of nitrogens with zero attached hydrogens (tertiary/aromatic N) is 2. The van der Waals surface area contributed by atoms with Gasteiger partial charge >= 0.3 is 0 Å². The van der Waals surface area contributed by atoms with Gasteiger partial charge in [-0.25, -0.2) is 0 Å². The summed E-state index contributed by atoms with van der Waals surface area (Å²) >= 11 is 1.90. The fourth-order valence-electron chi connectivity index (χ4n) is 9.03. The summed E-state index contributed by atoms with van der Waals surface area (Å²) in [6.07, 6.45) is 0. The molecule has 12 aromatic rings. The number of benzene rings is 9. The lowest BCUT2D eigenvalue weighted by Crippen LogP contribution is -2.10. The average Bonchev–Trinajstić information content (AvgIpc) is 3.76. The van der Waals surface area contributed by atoms with Crippen LogP contribution in [0.4, 0.5) is 17.1 Å². The Kier molecular flexibility index (Phi) is 6.54. The summed E-state index contributed by atoms with van der Waals surface area (Å²) < 4.78 is 5.13. The Balaban J connectivity index is 1.22. The molecular formula is C52H32N2S. The van der Waals surface area contributed by atoms with Crippen LogP contribution in [0.5, 0.6) is 0 Å². The van der Waals surface area contributed by atoms with Gasteiger partial charge in [-0.05, 0) is 99.1 Å². The van der Waals surface area contributed by atoms with Gasteiger partial charge < -0.3 is 9.30 Å². The van der Waals surface area contributed by atoms with E-state index in [1.807, 2.05) is 11.3 Å². The first kappa shape index (κ1) is 30.5. The highest BCUT2D eigenvalue weighted by Gasteiger charge is 2.24. The third-order valence-electron chi connectivity index (χ3n) is 11.4. The summed E-state index contributed by atoms with van der Waals surface area (Å²) in [5.41, 5.74) is 11.9. The highest BCUT2D eigenvalue weighted by atomic mass is 32.1. The first-order valence-electron chi connectivity index (χ1n) is 18.8. The van der Waals surface area contributed by atoms with Crippen LogP contribution in [0.2, 0.25) is 0 Å². The molecular weight excluding hydrogens is 685 g/mol. The molecule has 0 saturated heterocycles. The number of fused-ring (bicyclic) bond motifs is 6. The third-order valence-corrected chi connectivity index (χ3v) is 12.6. The summed E-state index contributed by atoms with van der Waals surface area (Å²) in [5.74, 6) is 0. The number of hydrogen-bond donors (Lipinski definition) is 0. The van der Waals surface area contributed by atoms with Gasteiger partial charge in [0.1, 0.15) is 0 Å². The molecule has 0 aliphatic carbocycles. The summed E-state index contributed by atoms with van der Waals surface area (Å²) in [4.78, 5) is 2.47. The Morgan fingerprint density at radius 2 is 0.982 bits per heavy atom. The van der Waals surface area contributed by atoms with Gasteiger partial charge in [-0.15, -0.1) is 11.3 Å². The van der Waals surface area contributed by atoms with Crippen molar-refractivity contribution in [2.24, 2.45) is 0 Å². The molecule has 12 rings (SSSR count). The van der Waals surface area contributed by atoms with Crippen molar-refractivity contribution in [3.63, 3.8) is 0 Å². The highest BCUT2D eigenvalue weighted by molar-refractivity contribution is 7.26. The van der Waals surface area contributed by atoms with Crippen LogP contribution in [0.15, 0.2) is 194 Å². The van der Waals surface area contributed by atoms with E-state index in [4.69, 9.17) is 0 Å². The first-order chi connectivity index (χ1) is 27.3. The van der Waals surface area contributed by atoms with Gasteiger partial charge in [0.25, 0.3) is 0 Å². The second-order valence-electron chi connectivity index (χ2n) is 14.5. The first-order valence-corrected chi connectivity index (χ1v) is 19.7. The third kappa shape index (κ3) is 4.54. The van der Waals surface area contributed by atoms with Gasteiger partial charge in [-0.2, -0.15) is 0 Å². The van der Waals surface area contributed by atoms with Gasteiger partial charge in [0.05, 0.1) is 26.9 Å². The van der Waals surface area contributed by atoms with Crippen LogP contribution >= 0.6 is 11.3 Å². The molecule has 0 radical (unpaired) electrons. The van der Waals surface area contributed by atoms with Crippen molar-refractivity contribution in [2.75, 3.05) is 4.90 Å². The smallest absolute Gasteiger partial charge is 0.0641 e. The van der Waals surface area contributed by atoms with Gasteiger partial charge in [-0.3, -0.25) is 0 Å². The van der Waals surface area contributed by atoms with E-state index in [0.717, 1.165) is 11.4 Å². The van der Waals surface area contributed by atoms with Crippen molar-refractivity contribution in [1.29, 1.82) is 0 Å². The molecule has 0 aliphatic rings. The quantitative estimate of drug-likeness (QED) is 0.172. The van der Waals surface area contributed by atoms with E-state index < -0.39 is 0 Å². The minimum absolute atomic E-state index is 1.12. The van der Waals surface area contributed by atoms with Crippen LogP contribution in [-0.2, 0) is 0 Å². The highest BCUT2D eigenvalue weighted by Crippen LogP contribution is 2.51. The number of aromatic nitrogens is 1. The minimum Gasteiger partial charge on any atom is -0.309 e. The zero-order valence-corrected chi connectivity index (χ0v) is 30.6. The molecule has 2 nitrogen and oxygen atoms in total. The summed E-state index contributed by atoms with van der Waals surface area (Å²) in [6, 6.07) is 71.4. The van der Waals surface area contributed by atoms with Crippen molar-refractivity contribution >= 4 is 97.4 Å². The molecule has 0 fully saturated rings. The zero-order chi connectivity index (χ0) is 36.0. The van der Waals surface area contributed by atoms with Crippen molar-refractivity contribution in [3.8, 4) is 22.3 Å². The number of para-hydroxylation sites is 2. The Morgan fingerprint density at radius 3 is 1.69 bits per heavy atom. The number of rotatable bonds is 5. The Labute approximate surface area is 321 Å². The summed E-state index contributed by atoms with van der Waals surface area (Å²) in [6.45, 7) is 0. The maximum atomic E-state index is 2.56. The molecule has 3 heteroatoms. The lowest BCUT2D eigenvalue weighted by Gasteiger charge is -2.27. The largest absolute Gasteiger partial charge is 0.309 e. The van der Waals surface area contributed by atoms with Crippen LogP contribution in [0.1, 0.15) is 0 Å². The molecule has 55 heavy (non-hydrogen) atoms. The SMILES string of the molecule is c1ccc(-c2cc(-c3ccccc3)cc(N(c3ccccc3)c3ccc4c5c3sc3cccc(c6cccc7c8cc9ccccc9cc8n4c67)c35)c2)cc1. The molecule has 0 spiro atoms. The fraction of sp³-hybridized carbons (Fsp3) is 0. The molecule has 0 bridgehead atoms. The van der Waals surface area contributed by atoms with Crippen molar-refractivity contribution in [2.45, 2.75) is 0 Å². The zero-order valence-electron chi connectivity index (χ0n) is 29.8. The average molecular weight is 717 g/mol. The Bertz CT molecular complexity index is 3360. The van der Waals surface area contributed by atoms with E-state index in [9.17, 15) is 0 Å².